The van der Waals surface area contributed by atoms with Crippen LogP contribution in [0.4, 0.5) is 16.3 Å². The molecule has 0 radical (unpaired) electrons. The zero-order valence-corrected chi connectivity index (χ0v) is 20.8. The van der Waals surface area contributed by atoms with Crippen molar-refractivity contribution in [2.24, 2.45) is 0 Å². The van der Waals surface area contributed by atoms with E-state index in [0.29, 0.717) is 67.8 Å². The van der Waals surface area contributed by atoms with Crippen molar-refractivity contribution in [3.63, 3.8) is 0 Å². The molecule has 0 unspecified atom stereocenters. The predicted octanol–water partition coefficient (Wildman–Crippen LogP) is 2.82. The number of anilines is 2. The van der Waals surface area contributed by atoms with Crippen molar-refractivity contribution in [3.8, 4) is 11.4 Å². The fourth-order valence-corrected chi connectivity index (χ4v) is 4.77. The van der Waals surface area contributed by atoms with Gasteiger partial charge >= 0.3 is 6.03 Å². The van der Waals surface area contributed by atoms with Crippen LogP contribution in [-0.2, 0) is 9.53 Å². The first kappa shape index (κ1) is 24.3. The largest absolute Gasteiger partial charge is 0.378 e. The molecule has 2 aliphatic heterocycles. The molecule has 2 aliphatic rings. The SMILES string of the molecule is CNC(=O)Nc1ccc(-c2nc(N3CCOCC3)c3onc(C4CCN(C(=O)CCl)CC4)c3n2)cc1. The number of hydrogen-bond acceptors (Lipinski definition) is 8. The van der Waals surface area contributed by atoms with Gasteiger partial charge in [0, 0.05) is 50.4 Å². The van der Waals surface area contributed by atoms with Crippen LogP contribution in [0, 0.1) is 0 Å². The lowest BCUT2D eigenvalue weighted by molar-refractivity contribution is -0.129. The summed E-state index contributed by atoms with van der Waals surface area (Å²) in [5, 5.41) is 9.72. The van der Waals surface area contributed by atoms with Crippen LogP contribution in [0.1, 0.15) is 24.5 Å². The number of rotatable bonds is 5. The van der Waals surface area contributed by atoms with Gasteiger partial charge in [-0.25, -0.2) is 14.8 Å². The molecule has 3 amide bonds. The molecule has 2 aromatic heterocycles. The van der Waals surface area contributed by atoms with E-state index in [1.165, 1.54) is 0 Å². The maximum Gasteiger partial charge on any atom is 0.318 e. The third-order valence-corrected chi connectivity index (χ3v) is 6.84. The topological polar surface area (TPSA) is 126 Å². The first-order chi connectivity index (χ1) is 17.6. The van der Waals surface area contributed by atoms with Crippen LogP contribution in [-0.4, -0.2) is 84.3 Å². The number of carbonyl (C=O) groups excluding carboxylic acids is 2. The number of piperidine rings is 1. The van der Waals surface area contributed by atoms with Gasteiger partial charge in [-0.15, -0.1) is 11.6 Å². The molecule has 12 heteroatoms. The summed E-state index contributed by atoms with van der Waals surface area (Å²) in [6, 6.07) is 7.08. The fourth-order valence-electron chi connectivity index (χ4n) is 4.60. The lowest BCUT2D eigenvalue weighted by atomic mass is 9.93. The normalized spacial score (nSPS) is 16.8. The van der Waals surface area contributed by atoms with Gasteiger partial charge in [-0.2, -0.15) is 0 Å². The standard InChI is InChI=1S/C24H28ClN7O4/c1-26-24(34)27-17-4-2-16(3-5-17)22-28-20-19(15-6-8-31(9-7-15)18(33)14-25)30-36-21(20)23(29-22)32-10-12-35-13-11-32/h2-5,15H,6-14H2,1H3,(H2,26,27,34). The number of amides is 3. The van der Waals surface area contributed by atoms with E-state index in [0.717, 1.165) is 24.1 Å². The summed E-state index contributed by atoms with van der Waals surface area (Å²) < 4.78 is 11.4. The molecular weight excluding hydrogens is 486 g/mol. The third-order valence-electron chi connectivity index (χ3n) is 6.61. The summed E-state index contributed by atoms with van der Waals surface area (Å²) in [6.07, 6.45) is 1.52. The predicted molar refractivity (Wildman–Crippen MR) is 135 cm³/mol. The van der Waals surface area contributed by atoms with Gasteiger partial charge in [0.25, 0.3) is 0 Å². The minimum Gasteiger partial charge on any atom is -0.378 e. The van der Waals surface area contributed by atoms with Gasteiger partial charge in [0.1, 0.15) is 17.1 Å². The molecule has 2 saturated heterocycles. The molecule has 0 aliphatic carbocycles. The highest BCUT2D eigenvalue weighted by Gasteiger charge is 2.30. The number of nitrogens with one attached hydrogen (secondary N) is 2. The molecule has 1 aromatic carbocycles. The average molecular weight is 514 g/mol. The molecule has 5 rings (SSSR count). The second-order valence-corrected chi connectivity index (χ2v) is 9.05. The molecule has 0 spiro atoms. The number of hydrogen-bond donors (Lipinski definition) is 2. The van der Waals surface area contributed by atoms with Gasteiger partial charge in [0.05, 0.1) is 13.2 Å². The number of nitrogens with zero attached hydrogens (tertiary/aromatic N) is 5. The monoisotopic (exact) mass is 513 g/mol. The Morgan fingerprint density at radius 1 is 1.08 bits per heavy atom. The summed E-state index contributed by atoms with van der Waals surface area (Å²) in [7, 11) is 1.57. The smallest absolute Gasteiger partial charge is 0.318 e. The minimum atomic E-state index is -0.289. The Hall–Kier alpha value is -3.44. The van der Waals surface area contributed by atoms with Crippen LogP contribution in [0.2, 0.25) is 0 Å². The van der Waals surface area contributed by atoms with Gasteiger partial charge < -0.3 is 29.7 Å². The minimum absolute atomic E-state index is 0.00548. The highest BCUT2D eigenvalue weighted by molar-refractivity contribution is 6.27. The van der Waals surface area contributed by atoms with Gasteiger partial charge in [-0.3, -0.25) is 4.79 Å². The van der Waals surface area contributed by atoms with Crippen molar-refractivity contribution in [2.45, 2.75) is 18.8 Å². The Balaban J connectivity index is 1.50. The second kappa shape index (κ2) is 10.7. The first-order valence-corrected chi connectivity index (χ1v) is 12.5. The van der Waals surface area contributed by atoms with E-state index in [1.54, 1.807) is 11.9 Å². The Labute approximate surface area is 213 Å². The maximum atomic E-state index is 12.0. The van der Waals surface area contributed by atoms with Crippen molar-refractivity contribution in [1.82, 2.24) is 25.3 Å². The molecule has 0 saturated carbocycles. The van der Waals surface area contributed by atoms with Crippen molar-refractivity contribution < 1.29 is 18.8 Å². The van der Waals surface area contributed by atoms with Gasteiger partial charge in [0.2, 0.25) is 11.5 Å². The molecule has 2 fully saturated rings. The maximum absolute atomic E-state index is 12.0. The molecule has 2 N–H and O–H groups in total. The van der Waals surface area contributed by atoms with Crippen LogP contribution >= 0.6 is 11.6 Å². The quantitative estimate of drug-likeness (QED) is 0.499. The van der Waals surface area contributed by atoms with E-state index in [-0.39, 0.29) is 23.7 Å². The number of morpholine rings is 1. The molecule has 3 aromatic rings. The van der Waals surface area contributed by atoms with E-state index in [2.05, 4.69) is 20.7 Å². The Bertz CT molecular complexity index is 1240. The van der Waals surface area contributed by atoms with Crippen molar-refractivity contribution >= 4 is 46.1 Å². The van der Waals surface area contributed by atoms with E-state index in [1.807, 2.05) is 24.3 Å². The third kappa shape index (κ3) is 4.93. The van der Waals surface area contributed by atoms with Gasteiger partial charge in [0.15, 0.2) is 11.6 Å². The number of ether oxygens (including phenoxy) is 1. The zero-order chi connectivity index (χ0) is 25.1. The number of alkyl halides is 1. The Morgan fingerprint density at radius 3 is 2.47 bits per heavy atom. The number of carbonyl (C=O) groups is 2. The van der Waals surface area contributed by atoms with E-state index in [4.69, 9.17) is 30.8 Å². The highest BCUT2D eigenvalue weighted by atomic mass is 35.5. The number of urea groups is 1. The summed E-state index contributed by atoms with van der Waals surface area (Å²) in [4.78, 5) is 37.3. The molecular formula is C24H28ClN7O4. The molecule has 0 bridgehead atoms. The molecule has 11 nitrogen and oxygen atoms in total. The average Bonchev–Trinajstić information content (AvgIpc) is 3.37. The Morgan fingerprint density at radius 2 is 1.81 bits per heavy atom. The van der Waals surface area contributed by atoms with Crippen molar-refractivity contribution in [1.29, 1.82) is 0 Å². The summed E-state index contributed by atoms with van der Waals surface area (Å²) in [5.41, 5.74) is 3.52. The van der Waals surface area contributed by atoms with Gasteiger partial charge in [-0.1, -0.05) is 5.16 Å². The highest BCUT2D eigenvalue weighted by Crippen LogP contribution is 2.36. The van der Waals surface area contributed by atoms with Gasteiger partial charge in [-0.05, 0) is 37.1 Å². The number of benzene rings is 1. The summed E-state index contributed by atoms with van der Waals surface area (Å²) >= 11 is 5.74. The van der Waals surface area contributed by atoms with E-state index < -0.39 is 0 Å². The van der Waals surface area contributed by atoms with Crippen LogP contribution in [0.25, 0.3) is 22.5 Å². The second-order valence-electron chi connectivity index (χ2n) is 8.79. The van der Waals surface area contributed by atoms with Crippen LogP contribution < -0.4 is 15.5 Å². The molecule has 4 heterocycles. The first-order valence-electron chi connectivity index (χ1n) is 12.0. The number of halogens is 1. The number of likely N-dealkylation sites (tertiary alicyclic amines) is 1. The molecule has 0 atom stereocenters. The van der Waals surface area contributed by atoms with Crippen LogP contribution in [0.15, 0.2) is 28.8 Å². The van der Waals surface area contributed by atoms with Crippen molar-refractivity contribution in [2.75, 3.05) is 62.5 Å². The lowest BCUT2D eigenvalue weighted by Crippen LogP contribution is -2.38. The number of fused-ring (bicyclic) bond motifs is 1. The molecule has 190 valence electrons. The summed E-state index contributed by atoms with van der Waals surface area (Å²) in [6.45, 7) is 3.84. The van der Waals surface area contributed by atoms with Crippen LogP contribution in [0.3, 0.4) is 0 Å². The summed E-state index contributed by atoms with van der Waals surface area (Å²) in [5.74, 6) is 1.31. The Kier molecular flexibility index (Phi) is 7.19. The van der Waals surface area contributed by atoms with Crippen molar-refractivity contribution in [3.05, 3.63) is 30.0 Å². The van der Waals surface area contributed by atoms with E-state index >= 15 is 0 Å². The number of aromatic nitrogens is 3. The van der Waals surface area contributed by atoms with E-state index in [9.17, 15) is 9.59 Å². The fraction of sp³-hybridized carbons (Fsp3) is 0.458. The lowest BCUT2D eigenvalue weighted by Gasteiger charge is -2.30. The van der Waals surface area contributed by atoms with Crippen LogP contribution in [0.5, 0.6) is 0 Å². The zero-order valence-electron chi connectivity index (χ0n) is 20.0. The molecule has 36 heavy (non-hydrogen) atoms.